The van der Waals surface area contributed by atoms with Crippen molar-refractivity contribution < 1.29 is 27.5 Å². The van der Waals surface area contributed by atoms with Gasteiger partial charge in [0.2, 0.25) is 0 Å². The van der Waals surface area contributed by atoms with E-state index in [0.717, 1.165) is 34.4 Å². The van der Waals surface area contributed by atoms with E-state index in [-0.39, 0.29) is 32.4 Å². The van der Waals surface area contributed by atoms with Crippen LogP contribution in [0.15, 0.2) is 132 Å². The van der Waals surface area contributed by atoms with Crippen molar-refractivity contribution in [2.24, 2.45) is 0 Å². The van der Waals surface area contributed by atoms with Gasteiger partial charge >= 0.3 is 0 Å². The molecule has 3 amide bonds. The number of nitrogens with zero attached hydrogens (tertiary/aromatic N) is 5. The van der Waals surface area contributed by atoms with Crippen LogP contribution >= 0.6 is 46.4 Å². The Morgan fingerprint density at radius 2 is 1.46 bits per heavy atom. The molecule has 0 saturated heterocycles. The van der Waals surface area contributed by atoms with E-state index in [1.54, 1.807) is 83.5 Å². The highest BCUT2D eigenvalue weighted by Gasteiger charge is 2.31. The molecule has 2 aliphatic rings. The molecule has 1 N–H and O–H groups in total. The van der Waals surface area contributed by atoms with Crippen molar-refractivity contribution in [3.8, 4) is 17.2 Å². The minimum atomic E-state index is -4.37. The number of ether oxygens (including phenoxy) is 1. The SMILES string of the molecule is CCCCN(C(=O)c1nn(-c2ccc(C(=O)NS(=O)(=O)c3ccc4c(c3)CCN4Cc3ccc(Cl)c(Cl)c3)cc2C(=O)N2CCc3ccccc3C2)c(C)c1Cl)c1ccc(Oc2ccc(Cl)cc2)cc1. The largest absolute Gasteiger partial charge is 0.457 e. The first-order valence-corrected chi connectivity index (χ1v) is 25.7. The molecule has 6 aromatic carbocycles. The van der Waals surface area contributed by atoms with Crippen molar-refractivity contribution in [2.45, 2.75) is 57.5 Å². The molecule has 358 valence electrons. The van der Waals surface area contributed by atoms with E-state index in [9.17, 15) is 22.8 Å². The van der Waals surface area contributed by atoms with Crippen LogP contribution in [0.2, 0.25) is 20.1 Å². The smallest absolute Gasteiger partial charge is 0.280 e. The minimum absolute atomic E-state index is 0.0400. The van der Waals surface area contributed by atoms with E-state index in [0.29, 0.717) is 89.9 Å². The summed E-state index contributed by atoms with van der Waals surface area (Å²) in [6, 6.07) is 36.5. The van der Waals surface area contributed by atoms with Gasteiger partial charge in [-0.3, -0.25) is 14.4 Å². The summed E-state index contributed by atoms with van der Waals surface area (Å²) in [6.07, 6.45) is 2.70. The van der Waals surface area contributed by atoms with Crippen LogP contribution in [0.1, 0.15) is 78.9 Å². The summed E-state index contributed by atoms with van der Waals surface area (Å²) in [5, 5.41) is 6.34. The highest BCUT2D eigenvalue weighted by Crippen LogP contribution is 2.35. The number of sulfonamides is 1. The Labute approximate surface area is 426 Å². The van der Waals surface area contributed by atoms with Crippen molar-refractivity contribution in [3.63, 3.8) is 0 Å². The van der Waals surface area contributed by atoms with Gasteiger partial charge in [0.05, 0.1) is 36.9 Å². The Balaban J connectivity index is 1.00. The second kappa shape index (κ2) is 20.5. The molecule has 70 heavy (non-hydrogen) atoms. The van der Waals surface area contributed by atoms with E-state index in [2.05, 4.69) is 9.62 Å². The third-order valence-electron chi connectivity index (χ3n) is 12.5. The zero-order valence-electron chi connectivity index (χ0n) is 38.1. The zero-order valence-corrected chi connectivity index (χ0v) is 41.9. The fourth-order valence-corrected chi connectivity index (χ4v) is 10.4. The number of hydrogen-bond donors (Lipinski definition) is 1. The Bertz CT molecular complexity index is 3270. The third kappa shape index (κ3) is 10.3. The number of benzene rings is 6. The number of unbranched alkanes of at least 4 members (excludes halogenated alkanes) is 1. The van der Waals surface area contributed by atoms with Crippen LogP contribution in [0.25, 0.3) is 5.69 Å². The summed E-state index contributed by atoms with van der Waals surface area (Å²) in [5.74, 6) is -0.654. The van der Waals surface area contributed by atoms with Crippen molar-refractivity contribution in [1.82, 2.24) is 19.4 Å². The molecule has 17 heteroatoms. The number of carbonyl (C=O) groups is 3. The van der Waals surface area contributed by atoms with Crippen LogP contribution in [0.4, 0.5) is 11.4 Å². The van der Waals surface area contributed by atoms with Gasteiger partial charge in [0.15, 0.2) is 5.69 Å². The predicted molar refractivity (Wildman–Crippen MR) is 275 cm³/mol. The highest BCUT2D eigenvalue weighted by atomic mass is 35.5. The van der Waals surface area contributed by atoms with Crippen LogP contribution in [0.5, 0.6) is 11.5 Å². The second-order valence-electron chi connectivity index (χ2n) is 17.1. The molecule has 0 unspecified atom stereocenters. The summed E-state index contributed by atoms with van der Waals surface area (Å²) in [5.41, 5.74) is 5.91. The molecular formula is C53H46Cl4N6O6S. The number of anilines is 2. The van der Waals surface area contributed by atoms with Gasteiger partial charge in [-0.2, -0.15) is 5.10 Å². The van der Waals surface area contributed by atoms with Gasteiger partial charge in [-0.15, -0.1) is 0 Å². The van der Waals surface area contributed by atoms with Gasteiger partial charge in [-0.05, 0) is 146 Å². The van der Waals surface area contributed by atoms with Crippen molar-refractivity contribution in [3.05, 3.63) is 192 Å². The minimum Gasteiger partial charge on any atom is -0.457 e. The maximum absolute atomic E-state index is 14.8. The number of nitrogens with one attached hydrogen (secondary N) is 1. The Kier molecular flexibility index (Phi) is 14.3. The van der Waals surface area contributed by atoms with E-state index >= 15 is 0 Å². The molecular weight excluding hydrogens is 990 g/mol. The fourth-order valence-electron chi connectivity index (χ4n) is 8.73. The number of rotatable bonds is 14. The Morgan fingerprint density at radius 1 is 0.757 bits per heavy atom. The van der Waals surface area contributed by atoms with E-state index in [1.165, 1.54) is 28.9 Å². The number of halogens is 4. The summed E-state index contributed by atoms with van der Waals surface area (Å²) >= 11 is 25.4. The van der Waals surface area contributed by atoms with E-state index in [4.69, 9.17) is 56.2 Å². The molecule has 0 radical (unpaired) electrons. The standard InChI is InChI=1S/C53H46Cl4N6O6S/c1-3-4-25-62(40-13-17-42(18-14-40)69-41-15-11-39(54)12-16-41)53(66)50-49(57)33(2)63(58-50)48-21-10-37(30-44(48)52(65)61-27-23-35-7-5-6-8-38(35)32-61)51(64)59-70(67,68)43-19-22-47-36(29-43)24-26-60(47)31-34-9-20-45(55)46(56)28-34/h5-22,28-30H,3-4,23-27,31-32H2,1-2H3,(H,59,64). The van der Waals surface area contributed by atoms with Gasteiger partial charge in [0, 0.05) is 54.7 Å². The van der Waals surface area contributed by atoms with Gasteiger partial charge in [0.25, 0.3) is 27.7 Å². The summed E-state index contributed by atoms with van der Waals surface area (Å²) in [6.45, 7) is 5.98. The molecule has 2 aliphatic heterocycles. The maximum atomic E-state index is 14.8. The number of carbonyl (C=O) groups excluding carboxylic acids is 3. The molecule has 1 aromatic heterocycles. The third-order valence-corrected chi connectivity index (χ3v) is 15.3. The molecule has 3 heterocycles. The molecule has 12 nitrogen and oxygen atoms in total. The predicted octanol–water partition coefficient (Wildman–Crippen LogP) is 11.9. The van der Waals surface area contributed by atoms with Crippen LogP contribution in [0, 0.1) is 6.92 Å². The van der Waals surface area contributed by atoms with Crippen LogP contribution < -0.4 is 19.3 Å². The first kappa shape index (κ1) is 48.7. The molecule has 0 spiro atoms. The average molecular weight is 1040 g/mol. The molecule has 0 fully saturated rings. The van der Waals surface area contributed by atoms with Crippen molar-refractivity contribution in [2.75, 3.05) is 29.4 Å². The van der Waals surface area contributed by atoms with E-state index < -0.39 is 27.7 Å². The molecule has 7 aromatic rings. The van der Waals surface area contributed by atoms with Gasteiger partial charge in [-0.1, -0.05) is 90.1 Å². The van der Waals surface area contributed by atoms with Crippen LogP contribution in [-0.2, 0) is 36.0 Å². The zero-order chi connectivity index (χ0) is 49.3. The Hall–Kier alpha value is -6.35. The molecule has 0 atom stereocenters. The van der Waals surface area contributed by atoms with Crippen LogP contribution in [0.3, 0.4) is 0 Å². The second-order valence-corrected chi connectivity index (χ2v) is 20.5. The molecule has 0 aliphatic carbocycles. The molecule has 9 rings (SSSR count). The van der Waals surface area contributed by atoms with Gasteiger partial charge < -0.3 is 19.4 Å². The quantitative estimate of drug-likeness (QED) is 0.114. The van der Waals surface area contributed by atoms with Crippen molar-refractivity contribution >= 4 is 85.5 Å². The lowest BCUT2D eigenvalue weighted by molar-refractivity contribution is 0.0734. The number of amides is 3. The summed E-state index contributed by atoms with van der Waals surface area (Å²) < 4.78 is 37.4. The number of hydrogen-bond acceptors (Lipinski definition) is 8. The van der Waals surface area contributed by atoms with Crippen molar-refractivity contribution in [1.29, 1.82) is 0 Å². The number of fused-ring (bicyclic) bond motifs is 2. The normalized spacial score (nSPS) is 13.2. The lowest BCUT2D eigenvalue weighted by Gasteiger charge is -2.29. The highest BCUT2D eigenvalue weighted by molar-refractivity contribution is 7.90. The summed E-state index contributed by atoms with van der Waals surface area (Å²) in [4.78, 5) is 48.7. The first-order chi connectivity index (χ1) is 33.7. The molecule has 0 bridgehead atoms. The lowest BCUT2D eigenvalue weighted by atomic mass is 9.98. The first-order valence-electron chi connectivity index (χ1n) is 22.7. The fraction of sp³-hybridized carbons (Fsp3) is 0.208. The van der Waals surface area contributed by atoms with E-state index in [1.807, 2.05) is 43.3 Å². The maximum Gasteiger partial charge on any atom is 0.280 e. The molecule has 0 saturated carbocycles. The lowest BCUT2D eigenvalue weighted by Crippen LogP contribution is -2.37. The van der Waals surface area contributed by atoms with Gasteiger partial charge in [0.1, 0.15) is 11.5 Å². The Morgan fingerprint density at radius 3 is 2.19 bits per heavy atom. The topological polar surface area (TPSA) is 134 Å². The van der Waals surface area contributed by atoms with Crippen LogP contribution in [-0.4, -0.2) is 60.5 Å². The average Bonchev–Trinajstić information content (AvgIpc) is 3.91. The van der Waals surface area contributed by atoms with Gasteiger partial charge in [-0.25, -0.2) is 17.8 Å². The summed E-state index contributed by atoms with van der Waals surface area (Å²) in [7, 11) is -4.37. The number of aromatic nitrogens is 2. The monoisotopic (exact) mass is 1030 g/mol.